The van der Waals surface area contributed by atoms with Crippen LogP contribution in [0.3, 0.4) is 0 Å². The summed E-state index contributed by atoms with van der Waals surface area (Å²) in [6, 6.07) is 2.30. The minimum absolute atomic E-state index is 0.110. The van der Waals surface area contributed by atoms with Crippen molar-refractivity contribution in [2.75, 3.05) is 0 Å². The zero-order valence-corrected chi connectivity index (χ0v) is 11.0. The Bertz CT molecular complexity index is 560. The minimum Gasteiger partial charge on any atom is -0.481 e. The van der Waals surface area contributed by atoms with Gasteiger partial charge in [0.15, 0.2) is 0 Å². The Balaban J connectivity index is 2.02. The van der Waals surface area contributed by atoms with Crippen molar-refractivity contribution in [3.05, 3.63) is 29.8 Å². The van der Waals surface area contributed by atoms with E-state index in [1.165, 1.54) is 0 Å². The Hall–Kier alpha value is -2.18. The van der Waals surface area contributed by atoms with Gasteiger partial charge in [-0.3, -0.25) is 9.48 Å². The van der Waals surface area contributed by atoms with Crippen LogP contribution in [0.2, 0.25) is 0 Å². The number of hydrogen-bond donors (Lipinski definition) is 1. The summed E-state index contributed by atoms with van der Waals surface area (Å²) in [5.74, 6) is -0.909. The molecule has 2 heterocycles. The lowest BCUT2D eigenvalue weighted by atomic mass is 10.3. The monoisotopic (exact) mass is 263 g/mol. The maximum Gasteiger partial charge on any atom is 0.309 e. The van der Waals surface area contributed by atoms with Crippen LogP contribution in [0.1, 0.15) is 37.7 Å². The summed E-state index contributed by atoms with van der Waals surface area (Å²) < 4.78 is 3.52. The van der Waals surface area contributed by atoms with E-state index < -0.39 is 5.97 Å². The third kappa shape index (κ3) is 3.40. The number of rotatable bonds is 6. The van der Waals surface area contributed by atoms with Crippen LogP contribution < -0.4 is 0 Å². The first-order valence-corrected chi connectivity index (χ1v) is 6.23. The van der Waals surface area contributed by atoms with Gasteiger partial charge in [-0.2, -0.15) is 5.10 Å². The van der Waals surface area contributed by atoms with Gasteiger partial charge in [-0.25, -0.2) is 4.68 Å². The lowest BCUT2D eigenvalue weighted by Crippen LogP contribution is -2.07. The summed E-state index contributed by atoms with van der Waals surface area (Å²) in [5, 5.41) is 20.8. The van der Waals surface area contributed by atoms with E-state index in [4.69, 9.17) is 5.11 Å². The van der Waals surface area contributed by atoms with E-state index in [-0.39, 0.29) is 6.42 Å². The normalized spacial score (nSPS) is 12.5. The van der Waals surface area contributed by atoms with Crippen LogP contribution in [0.15, 0.2) is 18.5 Å². The third-order valence-electron chi connectivity index (χ3n) is 2.95. The molecule has 0 amide bonds. The standard InChI is InChI=1S/C12H17N5O2/c1-3-9(2)17-5-4-10(14-17)7-16-8-11(13-15-16)6-12(18)19/h4-5,8-9H,3,6-7H2,1-2H3,(H,18,19). The number of aromatic nitrogens is 5. The van der Waals surface area contributed by atoms with Gasteiger partial charge in [-0.05, 0) is 19.4 Å². The fourth-order valence-electron chi connectivity index (χ4n) is 1.71. The van der Waals surface area contributed by atoms with Gasteiger partial charge in [0.05, 0.1) is 24.4 Å². The van der Waals surface area contributed by atoms with Crippen molar-refractivity contribution >= 4 is 5.97 Å². The van der Waals surface area contributed by atoms with Crippen LogP contribution in [0.25, 0.3) is 0 Å². The fourth-order valence-corrected chi connectivity index (χ4v) is 1.71. The summed E-state index contributed by atoms with van der Waals surface area (Å²) >= 11 is 0. The van der Waals surface area contributed by atoms with Gasteiger partial charge >= 0.3 is 5.97 Å². The van der Waals surface area contributed by atoms with Crippen LogP contribution in [0.4, 0.5) is 0 Å². The van der Waals surface area contributed by atoms with Gasteiger partial charge in [0.2, 0.25) is 0 Å². The number of carboxylic acids is 1. The van der Waals surface area contributed by atoms with Gasteiger partial charge < -0.3 is 5.11 Å². The molecule has 19 heavy (non-hydrogen) atoms. The molecule has 2 rings (SSSR count). The first-order chi connectivity index (χ1) is 9.08. The molecule has 0 saturated heterocycles. The maximum absolute atomic E-state index is 10.6. The van der Waals surface area contributed by atoms with Crippen LogP contribution in [0.5, 0.6) is 0 Å². The molecule has 0 aromatic carbocycles. The molecule has 102 valence electrons. The topological polar surface area (TPSA) is 85.8 Å². The second kappa shape index (κ2) is 5.64. The number of hydrogen-bond acceptors (Lipinski definition) is 4. The quantitative estimate of drug-likeness (QED) is 0.844. The Morgan fingerprint density at radius 1 is 1.47 bits per heavy atom. The predicted molar refractivity (Wildman–Crippen MR) is 67.7 cm³/mol. The number of carboxylic acid groups (broad SMARTS) is 1. The highest BCUT2D eigenvalue weighted by Gasteiger charge is 2.08. The smallest absolute Gasteiger partial charge is 0.309 e. The Morgan fingerprint density at radius 2 is 2.26 bits per heavy atom. The SMILES string of the molecule is CCC(C)n1ccc(Cn2cc(CC(=O)O)nn2)n1. The summed E-state index contributed by atoms with van der Waals surface area (Å²) in [5.41, 5.74) is 1.33. The molecule has 1 unspecified atom stereocenters. The Labute approximate surface area is 110 Å². The molecule has 0 fully saturated rings. The van der Waals surface area contributed by atoms with E-state index in [0.29, 0.717) is 18.3 Å². The molecule has 0 spiro atoms. The van der Waals surface area contributed by atoms with Crippen molar-refractivity contribution in [1.29, 1.82) is 0 Å². The Kier molecular flexibility index (Phi) is 3.94. The summed E-state index contributed by atoms with van der Waals surface area (Å²) in [4.78, 5) is 10.6. The van der Waals surface area contributed by atoms with Crippen molar-refractivity contribution in [3.63, 3.8) is 0 Å². The third-order valence-corrected chi connectivity index (χ3v) is 2.95. The van der Waals surface area contributed by atoms with Crippen LogP contribution >= 0.6 is 0 Å². The zero-order valence-electron chi connectivity index (χ0n) is 11.0. The molecule has 2 aromatic rings. The lowest BCUT2D eigenvalue weighted by Gasteiger charge is -2.07. The van der Waals surface area contributed by atoms with Crippen molar-refractivity contribution in [1.82, 2.24) is 24.8 Å². The molecular weight excluding hydrogens is 246 g/mol. The highest BCUT2D eigenvalue weighted by Crippen LogP contribution is 2.09. The van der Waals surface area contributed by atoms with E-state index in [2.05, 4.69) is 29.3 Å². The summed E-state index contributed by atoms with van der Waals surface area (Å²) in [6.07, 6.45) is 4.49. The molecule has 1 atom stereocenters. The molecule has 7 heteroatoms. The predicted octanol–water partition coefficient (Wildman–Crippen LogP) is 1.12. The number of nitrogens with zero attached hydrogens (tertiary/aromatic N) is 5. The van der Waals surface area contributed by atoms with Crippen molar-refractivity contribution in [2.24, 2.45) is 0 Å². The second-order valence-corrected chi connectivity index (χ2v) is 4.52. The van der Waals surface area contributed by atoms with Crippen molar-refractivity contribution < 1.29 is 9.90 Å². The molecule has 0 aliphatic rings. The average molecular weight is 263 g/mol. The lowest BCUT2D eigenvalue weighted by molar-refractivity contribution is -0.136. The largest absolute Gasteiger partial charge is 0.481 e. The van der Waals surface area contributed by atoms with E-state index in [1.807, 2.05) is 16.9 Å². The minimum atomic E-state index is -0.909. The average Bonchev–Trinajstić information content (AvgIpc) is 2.98. The van der Waals surface area contributed by atoms with Gasteiger partial charge in [0, 0.05) is 18.4 Å². The van der Waals surface area contributed by atoms with Crippen LogP contribution in [-0.2, 0) is 17.8 Å². The summed E-state index contributed by atoms with van der Waals surface area (Å²) in [7, 11) is 0. The van der Waals surface area contributed by atoms with E-state index >= 15 is 0 Å². The molecule has 1 N–H and O–H groups in total. The van der Waals surface area contributed by atoms with E-state index in [1.54, 1.807) is 10.9 Å². The molecule has 0 aliphatic heterocycles. The highest BCUT2D eigenvalue weighted by atomic mass is 16.4. The van der Waals surface area contributed by atoms with Crippen molar-refractivity contribution in [3.8, 4) is 0 Å². The molecule has 0 radical (unpaired) electrons. The maximum atomic E-state index is 10.6. The van der Waals surface area contributed by atoms with Gasteiger partial charge in [0.1, 0.15) is 0 Å². The van der Waals surface area contributed by atoms with Gasteiger partial charge in [-0.1, -0.05) is 12.1 Å². The first-order valence-electron chi connectivity index (χ1n) is 6.23. The molecule has 0 aliphatic carbocycles. The van der Waals surface area contributed by atoms with Crippen LogP contribution in [0, 0.1) is 0 Å². The molecule has 7 nitrogen and oxygen atoms in total. The summed E-state index contributed by atoms with van der Waals surface area (Å²) in [6.45, 7) is 4.72. The molecule has 0 saturated carbocycles. The first kappa shape index (κ1) is 13.3. The molecule has 0 bridgehead atoms. The van der Waals surface area contributed by atoms with E-state index in [9.17, 15) is 4.79 Å². The number of aliphatic carboxylic acids is 1. The van der Waals surface area contributed by atoms with Crippen LogP contribution in [-0.4, -0.2) is 35.9 Å². The second-order valence-electron chi connectivity index (χ2n) is 4.52. The van der Waals surface area contributed by atoms with Gasteiger partial charge in [0.25, 0.3) is 0 Å². The zero-order chi connectivity index (χ0) is 13.8. The van der Waals surface area contributed by atoms with E-state index in [0.717, 1.165) is 12.1 Å². The van der Waals surface area contributed by atoms with Gasteiger partial charge in [-0.15, -0.1) is 5.10 Å². The fraction of sp³-hybridized carbons (Fsp3) is 0.500. The highest BCUT2D eigenvalue weighted by molar-refractivity contribution is 5.69. The number of carbonyl (C=O) groups is 1. The molecule has 2 aromatic heterocycles. The molecular formula is C12H17N5O2. The Morgan fingerprint density at radius 3 is 2.95 bits per heavy atom. The van der Waals surface area contributed by atoms with Crippen molar-refractivity contribution in [2.45, 2.75) is 39.3 Å².